The maximum atomic E-state index is 13.0. The van der Waals surface area contributed by atoms with Crippen molar-refractivity contribution in [2.75, 3.05) is 20.2 Å². The number of benzene rings is 1. The summed E-state index contributed by atoms with van der Waals surface area (Å²) >= 11 is 4.92. The quantitative estimate of drug-likeness (QED) is 0.668. The molecule has 3 rings (SSSR count). The second kappa shape index (κ2) is 9.39. The second-order valence-corrected chi connectivity index (χ2v) is 10.4. The summed E-state index contributed by atoms with van der Waals surface area (Å²) in [5, 5.41) is 4.77. The highest BCUT2D eigenvalue weighted by Gasteiger charge is 2.27. The summed E-state index contributed by atoms with van der Waals surface area (Å²) < 4.78 is 33.9. The van der Waals surface area contributed by atoms with E-state index in [1.54, 1.807) is 6.07 Å². The highest BCUT2D eigenvalue weighted by atomic mass is 79.9. The van der Waals surface area contributed by atoms with Gasteiger partial charge in [0.15, 0.2) is 0 Å². The van der Waals surface area contributed by atoms with E-state index in [0.29, 0.717) is 25.4 Å². The van der Waals surface area contributed by atoms with E-state index in [9.17, 15) is 13.2 Å². The Labute approximate surface area is 178 Å². The van der Waals surface area contributed by atoms with Crippen LogP contribution in [0.3, 0.4) is 0 Å². The molecule has 0 saturated carbocycles. The van der Waals surface area contributed by atoms with Crippen LogP contribution in [0, 0.1) is 0 Å². The topological polar surface area (TPSA) is 75.7 Å². The van der Waals surface area contributed by atoms with Crippen LogP contribution in [0.5, 0.6) is 5.75 Å². The van der Waals surface area contributed by atoms with Crippen LogP contribution in [0.2, 0.25) is 0 Å². The number of rotatable bonds is 6. The van der Waals surface area contributed by atoms with Gasteiger partial charge in [0.1, 0.15) is 5.75 Å². The van der Waals surface area contributed by atoms with Gasteiger partial charge in [-0.3, -0.25) is 4.79 Å². The fourth-order valence-corrected chi connectivity index (χ4v) is 6.10. The summed E-state index contributed by atoms with van der Waals surface area (Å²) in [4.78, 5) is 13.8. The number of thiophene rings is 1. The SMILES string of the molecule is COc1ccc(S(=O)(=O)N2CCCCCC2)cc1C(=O)NCc1cc(Br)cs1. The summed E-state index contributed by atoms with van der Waals surface area (Å²) in [7, 11) is -2.17. The van der Waals surface area contributed by atoms with E-state index in [0.717, 1.165) is 35.0 Å². The summed E-state index contributed by atoms with van der Waals surface area (Å²) in [6.45, 7) is 1.40. The van der Waals surface area contributed by atoms with Gasteiger partial charge < -0.3 is 10.1 Å². The Morgan fingerprint density at radius 1 is 1.21 bits per heavy atom. The second-order valence-electron chi connectivity index (χ2n) is 6.59. The molecule has 1 amide bonds. The molecule has 0 atom stereocenters. The highest BCUT2D eigenvalue weighted by Crippen LogP contribution is 2.26. The van der Waals surface area contributed by atoms with E-state index >= 15 is 0 Å². The Kier molecular flexibility index (Phi) is 7.14. The molecule has 1 aliphatic rings. The first kappa shape index (κ1) is 21.3. The fraction of sp³-hybridized carbons (Fsp3) is 0.421. The summed E-state index contributed by atoms with van der Waals surface area (Å²) in [6, 6.07) is 6.40. The van der Waals surface area contributed by atoms with E-state index in [-0.39, 0.29) is 16.4 Å². The lowest BCUT2D eigenvalue weighted by molar-refractivity contribution is 0.0948. The maximum Gasteiger partial charge on any atom is 0.255 e. The molecule has 2 aromatic rings. The first-order chi connectivity index (χ1) is 13.4. The van der Waals surface area contributed by atoms with Crippen molar-refractivity contribution in [3.63, 3.8) is 0 Å². The largest absolute Gasteiger partial charge is 0.496 e. The average Bonchev–Trinajstić information content (AvgIpc) is 2.93. The van der Waals surface area contributed by atoms with Gasteiger partial charge in [-0.15, -0.1) is 11.3 Å². The minimum absolute atomic E-state index is 0.124. The highest BCUT2D eigenvalue weighted by molar-refractivity contribution is 9.10. The van der Waals surface area contributed by atoms with Crippen LogP contribution >= 0.6 is 27.3 Å². The molecule has 6 nitrogen and oxygen atoms in total. The Bertz CT molecular complexity index is 935. The number of hydrogen-bond donors (Lipinski definition) is 1. The molecule has 2 heterocycles. The van der Waals surface area contributed by atoms with Gasteiger partial charge in [-0.2, -0.15) is 4.31 Å². The Morgan fingerprint density at radius 3 is 2.54 bits per heavy atom. The maximum absolute atomic E-state index is 13.0. The van der Waals surface area contributed by atoms with Crippen LogP contribution in [-0.2, 0) is 16.6 Å². The van der Waals surface area contributed by atoms with Crippen molar-refractivity contribution in [3.05, 3.63) is 44.6 Å². The van der Waals surface area contributed by atoms with E-state index in [2.05, 4.69) is 21.2 Å². The Morgan fingerprint density at radius 2 is 1.93 bits per heavy atom. The summed E-state index contributed by atoms with van der Waals surface area (Å²) in [6.07, 6.45) is 3.81. The number of carbonyl (C=O) groups excluding carboxylic acids is 1. The molecule has 1 aromatic carbocycles. The van der Waals surface area contributed by atoms with Gasteiger partial charge in [0.25, 0.3) is 5.91 Å². The number of halogens is 1. The fourth-order valence-electron chi connectivity index (χ4n) is 3.17. The van der Waals surface area contributed by atoms with Crippen molar-refractivity contribution < 1.29 is 17.9 Å². The molecule has 1 saturated heterocycles. The lowest BCUT2D eigenvalue weighted by Crippen LogP contribution is -2.32. The zero-order chi connectivity index (χ0) is 20.1. The minimum atomic E-state index is -3.64. The van der Waals surface area contributed by atoms with Gasteiger partial charge in [-0.05, 0) is 53.0 Å². The van der Waals surface area contributed by atoms with Crippen LogP contribution in [0.25, 0.3) is 0 Å². The first-order valence-electron chi connectivity index (χ1n) is 9.11. The van der Waals surface area contributed by atoms with Gasteiger partial charge in [-0.25, -0.2) is 8.42 Å². The van der Waals surface area contributed by atoms with Gasteiger partial charge >= 0.3 is 0 Å². The van der Waals surface area contributed by atoms with Gasteiger partial charge in [0, 0.05) is 27.8 Å². The van der Waals surface area contributed by atoms with Crippen LogP contribution in [0.1, 0.15) is 40.9 Å². The van der Waals surface area contributed by atoms with Crippen molar-refractivity contribution >= 4 is 43.2 Å². The molecule has 0 spiro atoms. The van der Waals surface area contributed by atoms with Crippen molar-refractivity contribution in [2.45, 2.75) is 37.1 Å². The molecule has 0 bridgehead atoms. The number of ether oxygens (including phenoxy) is 1. The molecule has 1 N–H and O–H groups in total. The molecule has 1 aliphatic heterocycles. The summed E-state index contributed by atoms with van der Waals surface area (Å²) in [5.41, 5.74) is 0.217. The predicted octanol–water partition coefficient (Wildman–Crippen LogP) is 4.01. The van der Waals surface area contributed by atoms with Gasteiger partial charge in [0.2, 0.25) is 10.0 Å². The summed E-state index contributed by atoms with van der Waals surface area (Å²) in [5.74, 6) is -0.0195. The third-order valence-electron chi connectivity index (χ3n) is 4.66. The van der Waals surface area contributed by atoms with Gasteiger partial charge in [-0.1, -0.05) is 12.8 Å². The molecule has 1 fully saturated rings. The van der Waals surface area contributed by atoms with Crippen molar-refractivity contribution in [3.8, 4) is 5.75 Å². The minimum Gasteiger partial charge on any atom is -0.496 e. The number of carbonyl (C=O) groups is 1. The lowest BCUT2D eigenvalue weighted by Gasteiger charge is -2.20. The first-order valence-corrected chi connectivity index (χ1v) is 12.2. The van der Waals surface area contributed by atoms with E-state index in [1.807, 2.05) is 11.4 Å². The van der Waals surface area contributed by atoms with Crippen LogP contribution < -0.4 is 10.1 Å². The van der Waals surface area contributed by atoms with E-state index in [1.165, 1.54) is 34.9 Å². The van der Waals surface area contributed by atoms with Crippen molar-refractivity contribution in [2.24, 2.45) is 0 Å². The molecule has 0 unspecified atom stereocenters. The zero-order valence-corrected chi connectivity index (χ0v) is 18.8. The normalized spacial score (nSPS) is 15.8. The molecule has 152 valence electrons. The number of nitrogens with one attached hydrogen (secondary N) is 1. The van der Waals surface area contributed by atoms with E-state index in [4.69, 9.17) is 4.74 Å². The van der Waals surface area contributed by atoms with Crippen molar-refractivity contribution in [1.29, 1.82) is 0 Å². The predicted molar refractivity (Wildman–Crippen MR) is 113 cm³/mol. The molecule has 0 aliphatic carbocycles. The zero-order valence-electron chi connectivity index (χ0n) is 15.6. The number of sulfonamides is 1. The number of methoxy groups -OCH3 is 1. The molecule has 28 heavy (non-hydrogen) atoms. The third-order valence-corrected chi connectivity index (χ3v) is 8.26. The van der Waals surface area contributed by atoms with Crippen LogP contribution in [0.4, 0.5) is 0 Å². The lowest BCUT2D eigenvalue weighted by atomic mass is 10.2. The number of hydrogen-bond acceptors (Lipinski definition) is 5. The monoisotopic (exact) mass is 486 g/mol. The standard InChI is InChI=1S/C19H23BrN2O4S2/c1-26-18-7-6-16(28(24,25)22-8-4-2-3-5-9-22)11-17(18)19(23)21-12-15-10-14(20)13-27-15/h6-7,10-11,13H,2-5,8-9,12H2,1H3,(H,21,23). The van der Waals surface area contributed by atoms with Crippen LogP contribution in [0.15, 0.2) is 39.0 Å². The van der Waals surface area contributed by atoms with Crippen LogP contribution in [-0.4, -0.2) is 38.8 Å². The number of amides is 1. The Balaban J connectivity index is 1.83. The molecule has 1 aromatic heterocycles. The average molecular weight is 487 g/mol. The molecular formula is C19H23BrN2O4S2. The molecule has 0 radical (unpaired) electrons. The van der Waals surface area contributed by atoms with Gasteiger partial charge in [0.05, 0.1) is 24.1 Å². The number of nitrogens with zero attached hydrogens (tertiary/aromatic N) is 1. The van der Waals surface area contributed by atoms with Crippen molar-refractivity contribution in [1.82, 2.24) is 9.62 Å². The smallest absolute Gasteiger partial charge is 0.255 e. The molecular weight excluding hydrogens is 464 g/mol. The third kappa shape index (κ3) is 4.94. The molecule has 9 heteroatoms. The van der Waals surface area contributed by atoms with E-state index < -0.39 is 10.0 Å². The Hall–Kier alpha value is -1.42.